The van der Waals surface area contributed by atoms with Crippen molar-refractivity contribution in [2.24, 2.45) is 0 Å². The lowest BCUT2D eigenvalue weighted by Gasteiger charge is -2.05. The second-order valence-corrected chi connectivity index (χ2v) is 3.45. The van der Waals surface area contributed by atoms with Gasteiger partial charge in [-0.25, -0.2) is 0 Å². The molecule has 2 N–H and O–H groups in total. The standard InChI is InChI=1S/C11H24N2O2/c1-3-5-8-15-9-6-7-12-10-11(14)13-4-2/h12H,3-10H2,1-2H3,(H,13,14). The summed E-state index contributed by atoms with van der Waals surface area (Å²) in [6.07, 6.45) is 3.27. The molecule has 0 aliphatic heterocycles. The molecule has 90 valence electrons. The van der Waals surface area contributed by atoms with Gasteiger partial charge in [0.25, 0.3) is 0 Å². The molecule has 0 saturated heterocycles. The van der Waals surface area contributed by atoms with Gasteiger partial charge in [-0.2, -0.15) is 0 Å². The Labute approximate surface area is 92.8 Å². The van der Waals surface area contributed by atoms with Crippen LogP contribution in [0.4, 0.5) is 0 Å². The Balaban J connectivity index is 3.01. The quantitative estimate of drug-likeness (QED) is 0.534. The van der Waals surface area contributed by atoms with E-state index in [0.717, 1.165) is 32.6 Å². The van der Waals surface area contributed by atoms with E-state index in [1.54, 1.807) is 0 Å². The maximum absolute atomic E-state index is 11.0. The van der Waals surface area contributed by atoms with Crippen molar-refractivity contribution in [2.45, 2.75) is 33.1 Å². The molecular formula is C11H24N2O2. The molecule has 0 aromatic carbocycles. The maximum atomic E-state index is 11.0. The van der Waals surface area contributed by atoms with E-state index in [4.69, 9.17) is 4.74 Å². The van der Waals surface area contributed by atoms with Crippen LogP contribution in [0.3, 0.4) is 0 Å². The van der Waals surface area contributed by atoms with Crippen LogP contribution in [0.15, 0.2) is 0 Å². The molecule has 0 aliphatic rings. The molecule has 0 spiro atoms. The normalized spacial score (nSPS) is 10.3. The van der Waals surface area contributed by atoms with Crippen LogP contribution in [0.25, 0.3) is 0 Å². The minimum absolute atomic E-state index is 0.0596. The molecule has 0 fully saturated rings. The number of likely N-dealkylation sites (N-methyl/N-ethyl adjacent to an activating group) is 1. The van der Waals surface area contributed by atoms with Crippen molar-refractivity contribution in [3.05, 3.63) is 0 Å². The molecule has 4 nitrogen and oxygen atoms in total. The van der Waals surface area contributed by atoms with E-state index in [2.05, 4.69) is 17.6 Å². The molecule has 0 rings (SSSR count). The third-order valence-corrected chi connectivity index (χ3v) is 1.94. The number of hydrogen-bond acceptors (Lipinski definition) is 3. The van der Waals surface area contributed by atoms with Gasteiger partial charge in [0.15, 0.2) is 0 Å². The Hall–Kier alpha value is -0.610. The van der Waals surface area contributed by atoms with Crippen LogP contribution < -0.4 is 10.6 Å². The van der Waals surface area contributed by atoms with E-state index in [1.807, 2.05) is 6.92 Å². The van der Waals surface area contributed by atoms with E-state index in [-0.39, 0.29) is 5.91 Å². The third kappa shape index (κ3) is 11.3. The fraction of sp³-hybridized carbons (Fsp3) is 0.909. The fourth-order valence-corrected chi connectivity index (χ4v) is 1.11. The molecule has 15 heavy (non-hydrogen) atoms. The Morgan fingerprint density at radius 3 is 2.60 bits per heavy atom. The van der Waals surface area contributed by atoms with E-state index in [9.17, 15) is 4.79 Å². The van der Waals surface area contributed by atoms with Crippen LogP contribution in [-0.4, -0.2) is 38.8 Å². The second-order valence-electron chi connectivity index (χ2n) is 3.45. The van der Waals surface area contributed by atoms with Gasteiger partial charge in [-0.3, -0.25) is 4.79 Å². The van der Waals surface area contributed by atoms with Crippen LogP contribution in [0.2, 0.25) is 0 Å². The van der Waals surface area contributed by atoms with Crippen LogP contribution in [0.1, 0.15) is 33.1 Å². The first-order chi connectivity index (χ1) is 7.31. The smallest absolute Gasteiger partial charge is 0.233 e. The summed E-state index contributed by atoms with van der Waals surface area (Å²) in [4.78, 5) is 11.0. The summed E-state index contributed by atoms with van der Waals surface area (Å²) in [6.45, 7) is 7.64. The Kier molecular flexibility index (Phi) is 11.0. The number of amides is 1. The number of rotatable bonds is 10. The average Bonchev–Trinajstić information content (AvgIpc) is 2.22. The van der Waals surface area contributed by atoms with Crippen molar-refractivity contribution < 1.29 is 9.53 Å². The largest absolute Gasteiger partial charge is 0.381 e. The zero-order chi connectivity index (χ0) is 11.4. The van der Waals surface area contributed by atoms with E-state index < -0.39 is 0 Å². The van der Waals surface area contributed by atoms with Crippen LogP contribution in [-0.2, 0) is 9.53 Å². The monoisotopic (exact) mass is 216 g/mol. The Morgan fingerprint density at radius 2 is 1.93 bits per heavy atom. The summed E-state index contributed by atoms with van der Waals surface area (Å²) in [5.74, 6) is 0.0596. The van der Waals surface area contributed by atoms with Gasteiger partial charge in [-0.1, -0.05) is 13.3 Å². The van der Waals surface area contributed by atoms with Crippen molar-refractivity contribution in [3.8, 4) is 0 Å². The molecule has 1 amide bonds. The van der Waals surface area contributed by atoms with Crippen molar-refractivity contribution >= 4 is 5.91 Å². The van der Waals surface area contributed by atoms with Crippen molar-refractivity contribution in [1.82, 2.24) is 10.6 Å². The molecule has 0 unspecified atom stereocenters. The first-order valence-electron chi connectivity index (χ1n) is 5.86. The minimum Gasteiger partial charge on any atom is -0.381 e. The average molecular weight is 216 g/mol. The maximum Gasteiger partial charge on any atom is 0.233 e. The van der Waals surface area contributed by atoms with Crippen molar-refractivity contribution in [2.75, 3.05) is 32.8 Å². The van der Waals surface area contributed by atoms with Gasteiger partial charge < -0.3 is 15.4 Å². The van der Waals surface area contributed by atoms with Gasteiger partial charge in [0.1, 0.15) is 0 Å². The van der Waals surface area contributed by atoms with Gasteiger partial charge in [0.05, 0.1) is 6.54 Å². The number of hydrogen-bond donors (Lipinski definition) is 2. The van der Waals surface area contributed by atoms with Gasteiger partial charge in [0, 0.05) is 19.8 Å². The van der Waals surface area contributed by atoms with Gasteiger partial charge in [-0.05, 0) is 26.3 Å². The fourth-order valence-electron chi connectivity index (χ4n) is 1.11. The lowest BCUT2D eigenvalue weighted by atomic mass is 10.3. The topological polar surface area (TPSA) is 50.4 Å². The highest BCUT2D eigenvalue weighted by Gasteiger charge is 1.96. The molecule has 0 aromatic rings. The highest BCUT2D eigenvalue weighted by Crippen LogP contribution is 1.88. The lowest BCUT2D eigenvalue weighted by molar-refractivity contribution is -0.120. The van der Waals surface area contributed by atoms with E-state index in [1.165, 1.54) is 6.42 Å². The molecule has 0 saturated carbocycles. The highest BCUT2D eigenvalue weighted by molar-refractivity contribution is 5.77. The zero-order valence-corrected chi connectivity index (χ0v) is 9.97. The predicted octanol–water partition coefficient (Wildman–Crippen LogP) is 0.919. The first-order valence-corrected chi connectivity index (χ1v) is 5.86. The number of ether oxygens (including phenoxy) is 1. The minimum atomic E-state index is 0.0596. The van der Waals surface area contributed by atoms with Crippen LogP contribution in [0, 0.1) is 0 Å². The molecular weight excluding hydrogens is 192 g/mol. The summed E-state index contributed by atoms with van der Waals surface area (Å²) in [6, 6.07) is 0. The van der Waals surface area contributed by atoms with Crippen LogP contribution in [0.5, 0.6) is 0 Å². The SMILES string of the molecule is CCCCOCCCNCC(=O)NCC. The summed E-state index contributed by atoms with van der Waals surface area (Å²) >= 11 is 0. The molecule has 0 bridgehead atoms. The van der Waals surface area contributed by atoms with Gasteiger partial charge >= 0.3 is 0 Å². The summed E-state index contributed by atoms with van der Waals surface area (Å²) in [5, 5.41) is 5.80. The Bertz CT molecular complexity index is 152. The number of carbonyl (C=O) groups is 1. The zero-order valence-electron chi connectivity index (χ0n) is 9.97. The van der Waals surface area contributed by atoms with Crippen molar-refractivity contribution in [3.63, 3.8) is 0 Å². The van der Waals surface area contributed by atoms with Crippen LogP contribution >= 0.6 is 0 Å². The first kappa shape index (κ1) is 14.4. The second kappa shape index (κ2) is 11.5. The Morgan fingerprint density at radius 1 is 1.20 bits per heavy atom. The highest BCUT2D eigenvalue weighted by atomic mass is 16.5. The molecule has 0 aromatic heterocycles. The lowest BCUT2D eigenvalue weighted by Crippen LogP contribution is -2.34. The number of nitrogens with one attached hydrogen (secondary N) is 2. The molecule has 0 atom stereocenters. The number of unbranched alkanes of at least 4 members (excludes halogenated alkanes) is 1. The summed E-state index contributed by atoms with van der Waals surface area (Å²) in [5.41, 5.74) is 0. The van der Waals surface area contributed by atoms with E-state index >= 15 is 0 Å². The molecule has 0 aliphatic carbocycles. The van der Waals surface area contributed by atoms with Gasteiger partial charge in [-0.15, -0.1) is 0 Å². The van der Waals surface area contributed by atoms with Gasteiger partial charge in [0.2, 0.25) is 5.91 Å². The predicted molar refractivity (Wildman–Crippen MR) is 61.9 cm³/mol. The molecule has 0 radical (unpaired) electrons. The third-order valence-electron chi connectivity index (χ3n) is 1.94. The van der Waals surface area contributed by atoms with Crippen molar-refractivity contribution in [1.29, 1.82) is 0 Å². The molecule has 4 heteroatoms. The summed E-state index contributed by atoms with van der Waals surface area (Å²) < 4.78 is 5.39. The summed E-state index contributed by atoms with van der Waals surface area (Å²) in [7, 11) is 0. The number of carbonyl (C=O) groups excluding carboxylic acids is 1. The molecule has 0 heterocycles. The van der Waals surface area contributed by atoms with E-state index in [0.29, 0.717) is 13.1 Å².